The number of alkyl halides is 3. The van der Waals surface area contributed by atoms with Crippen LogP contribution in [0.25, 0.3) is 10.9 Å². The van der Waals surface area contributed by atoms with Gasteiger partial charge in [0, 0.05) is 49.2 Å². The molecule has 0 radical (unpaired) electrons. The first-order valence-electron chi connectivity index (χ1n) is 16.6. The molecule has 0 unspecified atom stereocenters. The molecule has 3 aromatic rings. The molecule has 1 fully saturated rings. The summed E-state index contributed by atoms with van der Waals surface area (Å²) in [5.41, 5.74) is 2.60. The van der Waals surface area contributed by atoms with Crippen LogP contribution < -0.4 is 20.7 Å². The molecule has 4 N–H and O–H groups in total. The van der Waals surface area contributed by atoms with Gasteiger partial charge in [-0.05, 0) is 74.5 Å². The SMILES string of the molecule is CNC(=O)c1ccc(NCC#Cc2cc3c(NC4CCN(CCCCCCCCC(=O)O)CC4)cccc3n2CC(F)(F)F)c(OC)c1. The van der Waals surface area contributed by atoms with Crippen molar-refractivity contribution < 1.29 is 32.6 Å². The van der Waals surface area contributed by atoms with Gasteiger partial charge >= 0.3 is 12.1 Å². The predicted octanol–water partition coefficient (Wildman–Crippen LogP) is 6.73. The molecule has 12 heteroatoms. The summed E-state index contributed by atoms with van der Waals surface area (Å²) in [5, 5.41) is 18.7. The lowest BCUT2D eigenvalue weighted by atomic mass is 10.0. The van der Waals surface area contributed by atoms with Gasteiger partial charge in [0.15, 0.2) is 0 Å². The van der Waals surface area contributed by atoms with Crippen LogP contribution in [0.1, 0.15) is 73.8 Å². The number of hydrogen-bond donors (Lipinski definition) is 4. The third-order valence-corrected chi connectivity index (χ3v) is 8.62. The minimum atomic E-state index is -4.42. The van der Waals surface area contributed by atoms with Crippen LogP contribution in [0.15, 0.2) is 42.5 Å². The molecule has 1 saturated heterocycles. The minimum absolute atomic E-state index is 0.152. The smallest absolute Gasteiger partial charge is 0.406 e. The summed E-state index contributed by atoms with van der Waals surface area (Å²) >= 11 is 0. The van der Waals surface area contributed by atoms with E-state index in [-0.39, 0.29) is 30.6 Å². The Balaban J connectivity index is 1.36. The van der Waals surface area contributed by atoms with Crippen molar-refractivity contribution >= 4 is 34.2 Å². The molecule has 2 aromatic carbocycles. The van der Waals surface area contributed by atoms with Crippen molar-refractivity contribution in [1.29, 1.82) is 0 Å². The van der Waals surface area contributed by atoms with Crippen LogP contribution >= 0.6 is 0 Å². The van der Waals surface area contributed by atoms with E-state index in [4.69, 9.17) is 9.84 Å². The van der Waals surface area contributed by atoms with Gasteiger partial charge in [0.2, 0.25) is 0 Å². The zero-order chi connectivity index (χ0) is 34.5. The molecule has 1 aliphatic heterocycles. The number of carbonyl (C=O) groups is 2. The second-order valence-electron chi connectivity index (χ2n) is 12.1. The quantitative estimate of drug-likeness (QED) is 0.0990. The zero-order valence-electron chi connectivity index (χ0n) is 27.7. The van der Waals surface area contributed by atoms with Crippen LogP contribution in [0.5, 0.6) is 5.75 Å². The van der Waals surface area contributed by atoms with E-state index in [1.807, 2.05) is 6.07 Å². The van der Waals surface area contributed by atoms with Gasteiger partial charge in [0.25, 0.3) is 5.91 Å². The van der Waals surface area contributed by atoms with Crippen molar-refractivity contribution in [3.8, 4) is 17.6 Å². The van der Waals surface area contributed by atoms with Crippen molar-refractivity contribution in [1.82, 2.24) is 14.8 Å². The van der Waals surface area contributed by atoms with E-state index in [1.165, 1.54) is 11.7 Å². The van der Waals surface area contributed by atoms with Crippen LogP contribution in [0.3, 0.4) is 0 Å². The third-order valence-electron chi connectivity index (χ3n) is 8.62. The highest BCUT2D eigenvalue weighted by molar-refractivity contribution is 5.95. The summed E-state index contributed by atoms with van der Waals surface area (Å²) in [6.45, 7) is 1.98. The van der Waals surface area contributed by atoms with Crippen molar-refractivity contribution in [3.05, 3.63) is 53.7 Å². The molecule has 2 heterocycles. The lowest BCUT2D eigenvalue weighted by Gasteiger charge is -2.33. The molecule has 0 aliphatic carbocycles. The summed E-state index contributed by atoms with van der Waals surface area (Å²) in [6, 6.07) is 12.3. The lowest BCUT2D eigenvalue weighted by molar-refractivity contribution is -0.140. The molecule has 1 aromatic heterocycles. The van der Waals surface area contributed by atoms with Crippen molar-refractivity contribution in [2.45, 2.75) is 76.6 Å². The fraction of sp³-hybridized carbons (Fsp3) is 0.500. The Morgan fingerprint density at radius 1 is 1.00 bits per heavy atom. The van der Waals surface area contributed by atoms with E-state index < -0.39 is 18.7 Å². The first kappa shape index (κ1) is 36.5. The number of ether oxygens (including phenoxy) is 1. The number of likely N-dealkylation sites (tertiary alicyclic amines) is 1. The van der Waals surface area contributed by atoms with E-state index >= 15 is 0 Å². The number of nitrogens with one attached hydrogen (secondary N) is 3. The number of halogens is 3. The summed E-state index contributed by atoms with van der Waals surface area (Å²) in [4.78, 5) is 25.0. The van der Waals surface area contributed by atoms with Gasteiger partial charge in [0.1, 0.15) is 12.3 Å². The summed E-state index contributed by atoms with van der Waals surface area (Å²) < 4.78 is 47.7. The number of hydrogen-bond acceptors (Lipinski definition) is 6. The van der Waals surface area contributed by atoms with Gasteiger partial charge in [-0.25, -0.2) is 0 Å². The molecule has 0 bridgehead atoms. The maximum Gasteiger partial charge on any atom is 0.406 e. The molecule has 260 valence electrons. The van der Waals surface area contributed by atoms with E-state index in [9.17, 15) is 22.8 Å². The Morgan fingerprint density at radius 2 is 1.73 bits per heavy atom. The van der Waals surface area contributed by atoms with Gasteiger partial charge in [-0.1, -0.05) is 37.7 Å². The van der Waals surface area contributed by atoms with Gasteiger partial charge in [-0.2, -0.15) is 13.2 Å². The van der Waals surface area contributed by atoms with Gasteiger partial charge in [-0.15, -0.1) is 0 Å². The van der Waals surface area contributed by atoms with Crippen molar-refractivity contribution in [3.63, 3.8) is 0 Å². The fourth-order valence-electron chi connectivity index (χ4n) is 6.10. The monoisotopic (exact) mass is 669 g/mol. The minimum Gasteiger partial charge on any atom is -0.495 e. The largest absolute Gasteiger partial charge is 0.495 e. The van der Waals surface area contributed by atoms with Crippen LogP contribution in [0.2, 0.25) is 0 Å². The third kappa shape index (κ3) is 10.8. The molecular formula is C36H46F3N5O4. The molecular weight excluding hydrogens is 623 g/mol. The Bertz CT molecular complexity index is 1590. The van der Waals surface area contributed by atoms with Crippen LogP contribution in [0, 0.1) is 11.8 Å². The number of carboxylic acid groups (broad SMARTS) is 1. The number of fused-ring (bicyclic) bond motifs is 1. The fourth-order valence-corrected chi connectivity index (χ4v) is 6.10. The number of carbonyl (C=O) groups excluding carboxylic acids is 1. The lowest BCUT2D eigenvalue weighted by Crippen LogP contribution is -2.39. The predicted molar refractivity (Wildman–Crippen MR) is 183 cm³/mol. The number of amides is 1. The number of piperidine rings is 1. The summed E-state index contributed by atoms with van der Waals surface area (Å²) in [6.07, 6.45) is 3.90. The highest BCUT2D eigenvalue weighted by atomic mass is 19.4. The van der Waals surface area contributed by atoms with Crippen LogP contribution in [-0.4, -0.2) is 79.0 Å². The molecule has 4 rings (SSSR count). The standard InChI is InChI=1S/C36H46F3N5O4/c1-40-35(47)26-15-16-31(33(23-26)48-2)41-19-10-11-28-24-29-30(12-9-13-32(29)44(28)25-36(37,38)39)42-27-17-21-43(22-18-27)20-8-6-4-3-5-7-14-34(45)46/h9,12-13,15-16,23-24,27,41-42H,3-8,14,17-22,25H2,1-2H3,(H,40,47)(H,45,46). The topological polar surface area (TPSA) is 108 Å². The van der Waals surface area contributed by atoms with Gasteiger partial charge < -0.3 is 35.3 Å². The van der Waals surface area contributed by atoms with Gasteiger partial charge in [0.05, 0.1) is 30.6 Å². The van der Waals surface area contributed by atoms with Crippen molar-refractivity contribution in [2.24, 2.45) is 0 Å². The Kier molecular flexibility index (Phi) is 13.4. The second kappa shape index (κ2) is 17.7. The van der Waals surface area contributed by atoms with Crippen molar-refractivity contribution in [2.75, 3.05) is 51.0 Å². The molecule has 0 spiro atoms. The molecule has 9 nitrogen and oxygen atoms in total. The molecule has 0 saturated carbocycles. The number of benzene rings is 2. The zero-order valence-corrected chi connectivity index (χ0v) is 27.7. The average molecular weight is 670 g/mol. The number of nitrogens with zero attached hydrogens (tertiary/aromatic N) is 2. The van der Waals surface area contributed by atoms with Crippen LogP contribution in [0.4, 0.5) is 24.5 Å². The number of aromatic nitrogens is 1. The number of anilines is 2. The molecule has 1 amide bonds. The Labute approximate surface area is 280 Å². The maximum absolute atomic E-state index is 13.7. The van der Waals surface area contributed by atoms with E-state index in [2.05, 4.69) is 32.7 Å². The van der Waals surface area contributed by atoms with E-state index in [0.717, 1.165) is 76.7 Å². The Morgan fingerprint density at radius 3 is 2.42 bits per heavy atom. The van der Waals surface area contributed by atoms with E-state index in [1.54, 1.807) is 43.4 Å². The maximum atomic E-state index is 13.7. The Hall–Kier alpha value is -4.37. The normalized spacial score (nSPS) is 13.9. The molecule has 0 atom stereocenters. The highest BCUT2D eigenvalue weighted by Crippen LogP contribution is 2.31. The first-order chi connectivity index (χ1) is 23.1. The number of unbranched alkanes of at least 4 members (excludes halogenated alkanes) is 5. The number of methoxy groups -OCH3 is 1. The summed E-state index contributed by atoms with van der Waals surface area (Å²) in [5.74, 6) is 5.36. The second-order valence-corrected chi connectivity index (χ2v) is 12.1. The molecule has 1 aliphatic rings. The first-order valence-corrected chi connectivity index (χ1v) is 16.6. The molecule has 48 heavy (non-hydrogen) atoms. The highest BCUT2D eigenvalue weighted by Gasteiger charge is 2.30. The number of aliphatic carboxylic acids is 1. The van der Waals surface area contributed by atoms with E-state index in [0.29, 0.717) is 27.9 Å². The summed E-state index contributed by atoms with van der Waals surface area (Å²) in [7, 11) is 3.03. The van der Waals surface area contributed by atoms with Crippen LogP contribution in [-0.2, 0) is 11.3 Å². The number of rotatable bonds is 16. The van der Waals surface area contributed by atoms with Gasteiger partial charge in [-0.3, -0.25) is 9.59 Å². The average Bonchev–Trinajstić information content (AvgIpc) is 3.40. The number of carboxylic acids is 1.